The lowest BCUT2D eigenvalue weighted by Gasteiger charge is -2.23. The first-order valence-electron chi connectivity index (χ1n) is 8.91. The Balaban J connectivity index is 2.01. The Morgan fingerprint density at radius 3 is 2.75 bits per heavy atom. The molecule has 28 heavy (non-hydrogen) atoms. The Morgan fingerprint density at radius 2 is 2.07 bits per heavy atom. The third-order valence-corrected chi connectivity index (χ3v) is 4.44. The van der Waals surface area contributed by atoms with Crippen LogP contribution in [-0.2, 0) is 0 Å². The molecule has 0 unspecified atom stereocenters. The van der Waals surface area contributed by atoms with Crippen molar-refractivity contribution in [1.29, 1.82) is 5.41 Å². The second-order valence-corrected chi connectivity index (χ2v) is 7.32. The molecule has 5 N–H and O–H groups in total. The number of carbonyl (C=O) groups is 1. The Morgan fingerprint density at radius 1 is 1.32 bits per heavy atom. The highest BCUT2D eigenvalue weighted by atomic mass is 16.3. The van der Waals surface area contributed by atoms with E-state index >= 15 is 0 Å². The van der Waals surface area contributed by atoms with Crippen LogP contribution in [0.3, 0.4) is 0 Å². The van der Waals surface area contributed by atoms with Crippen molar-refractivity contribution >= 4 is 28.5 Å². The Hall–Kier alpha value is -3.26. The van der Waals surface area contributed by atoms with Gasteiger partial charge in [-0.15, -0.1) is 0 Å². The fourth-order valence-corrected chi connectivity index (χ4v) is 2.82. The summed E-state index contributed by atoms with van der Waals surface area (Å²) in [6, 6.07) is 5.76. The van der Waals surface area contributed by atoms with Crippen LogP contribution < -0.4 is 10.6 Å². The molecule has 3 rings (SSSR count). The van der Waals surface area contributed by atoms with Crippen LogP contribution in [0.15, 0.2) is 30.6 Å². The van der Waals surface area contributed by atoms with E-state index in [4.69, 9.17) is 5.41 Å². The monoisotopic (exact) mass is 380 g/mol. The van der Waals surface area contributed by atoms with E-state index in [1.165, 1.54) is 12.4 Å². The lowest BCUT2D eigenvalue weighted by Crippen LogP contribution is -2.46. The number of nitrogens with zero attached hydrogens (tertiary/aromatic N) is 2. The summed E-state index contributed by atoms with van der Waals surface area (Å²) in [6.07, 6.45) is 3.05. The number of rotatable bonds is 6. The van der Waals surface area contributed by atoms with Gasteiger partial charge in [0.15, 0.2) is 5.65 Å². The lowest BCUT2D eigenvalue weighted by molar-refractivity contribution is 0.0871. The van der Waals surface area contributed by atoms with Gasteiger partial charge in [-0.1, -0.05) is 12.1 Å². The number of fused-ring (bicyclic) bond motifs is 1. The Kier molecular flexibility index (Phi) is 5.15. The van der Waals surface area contributed by atoms with E-state index in [1.807, 2.05) is 25.1 Å². The van der Waals surface area contributed by atoms with Crippen LogP contribution in [0.5, 0.6) is 0 Å². The number of amides is 1. The highest BCUT2D eigenvalue weighted by Crippen LogP contribution is 2.22. The minimum atomic E-state index is -0.762. The van der Waals surface area contributed by atoms with Crippen molar-refractivity contribution in [2.45, 2.75) is 26.3 Å². The molecule has 0 bridgehead atoms. The van der Waals surface area contributed by atoms with Gasteiger partial charge in [0, 0.05) is 24.5 Å². The predicted octanol–water partition coefficient (Wildman–Crippen LogP) is 2.22. The third kappa shape index (κ3) is 3.72. The van der Waals surface area contributed by atoms with Crippen LogP contribution in [0.25, 0.3) is 11.2 Å². The number of carbonyl (C=O) groups excluding carboxylic acids is 1. The van der Waals surface area contributed by atoms with E-state index < -0.39 is 5.54 Å². The third-order valence-electron chi connectivity index (χ3n) is 4.44. The topological polar surface area (TPSA) is 127 Å². The van der Waals surface area contributed by atoms with E-state index in [1.54, 1.807) is 20.9 Å². The molecule has 0 fully saturated rings. The van der Waals surface area contributed by atoms with Crippen LogP contribution in [0, 0.1) is 12.3 Å². The quantitative estimate of drug-likeness (QED) is 0.419. The fraction of sp³-hybridized carbons (Fsp3) is 0.300. The molecule has 2 aromatic heterocycles. The number of aromatic amines is 1. The number of aliphatic hydroxyl groups excluding tert-OH is 1. The molecule has 0 spiro atoms. The van der Waals surface area contributed by atoms with Crippen molar-refractivity contribution < 1.29 is 9.90 Å². The van der Waals surface area contributed by atoms with E-state index in [9.17, 15) is 9.90 Å². The summed E-state index contributed by atoms with van der Waals surface area (Å²) in [5, 5.41) is 23.8. The summed E-state index contributed by atoms with van der Waals surface area (Å²) in [5.41, 5.74) is 3.57. The molecule has 8 nitrogen and oxygen atoms in total. The molecule has 2 heterocycles. The van der Waals surface area contributed by atoms with Gasteiger partial charge in [0.2, 0.25) is 0 Å². The summed E-state index contributed by atoms with van der Waals surface area (Å²) in [5.74, 6) is -0.366. The summed E-state index contributed by atoms with van der Waals surface area (Å²) in [4.78, 5) is 24.4. The molecule has 0 saturated heterocycles. The first kappa shape index (κ1) is 19.5. The maximum absolute atomic E-state index is 12.6. The summed E-state index contributed by atoms with van der Waals surface area (Å²) < 4.78 is 0. The highest BCUT2D eigenvalue weighted by Gasteiger charge is 2.23. The van der Waals surface area contributed by atoms with Gasteiger partial charge in [-0.05, 0) is 32.4 Å². The molecule has 3 aromatic rings. The molecule has 0 aliphatic carbocycles. The van der Waals surface area contributed by atoms with Crippen molar-refractivity contribution in [1.82, 2.24) is 20.3 Å². The van der Waals surface area contributed by atoms with E-state index in [2.05, 4.69) is 25.6 Å². The minimum Gasteiger partial charge on any atom is -0.394 e. The van der Waals surface area contributed by atoms with E-state index in [0.29, 0.717) is 28.0 Å². The van der Waals surface area contributed by atoms with Crippen LogP contribution >= 0.6 is 0 Å². The fourth-order valence-electron chi connectivity index (χ4n) is 2.82. The molecule has 8 heteroatoms. The molecule has 0 saturated carbocycles. The molecular formula is C20H24N6O2. The van der Waals surface area contributed by atoms with Crippen LogP contribution in [-0.4, -0.2) is 50.9 Å². The number of anilines is 1. The number of hydrogen-bond acceptors (Lipinski definition) is 6. The number of aryl methyl sites for hydroxylation is 1. The van der Waals surface area contributed by atoms with Crippen LogP contribution in [0.4, 0.5) is 5.69 Å². The molecule has 0 aliphatic heterocycles. The number of benzene rings is 1. The van der Waals surface area contributed by atoms with E-state index in [0.717, 1.165) is 11.3 Å². The maximum Gasteiger partial charge on any atom is 0.255 e. The van der Waals surface area contributed by atoms with Gasteiger partial charge in [0.25, 0.3) is 5.91 Å². The van der Waals surface area contributed by atoms with E-state index in [-0.39, 0.29) is 18.2 Å². The second kappa shape index (κ2) is 7.40. The number of H-pyrrole nitrogens is 1. The first-order valence-corrected chi connectivity index (χ1v) is 8.91. The van der Waals surface area contributed by atoms with Crippen molar-refractivity contribution in [3.63, 3.8) is 0 Å². The molecule has 146 valence electrons. The number of hydrogen-bond donors (Lipinski definition) is 5. The van der Waals surface area contributed by atoms with Gasteiger partial charge in [0.1, 0.15) is 11.2 Å². The van der Waals surface area contributed by atoms with Gasteiger partial charge in [-0.3, -0.25) is 10.2 Å². The van der Waals surface area contributed by atoms with Crippen molar-refractivity contribution in [3.8, 4) is 0 Å². The van der Waals surface area contributed by atoms with Gasteiger partial charge < -0.3 is 20.7 Å². The van der Waals surface area contributed by atoms with Gasteiger partial charge >= 0.3 is 0 Å². The predicted molar refractivity (Wildman–Crippen MR) is 109 cm³/mol. The first-order chi connectivity index (χ1) is 13.3. The summed E-state index contributed by atoms with van der Waals surface area (Å²) >= 11 is 0. The Bertz CT molecular complexity index is 1050. The second-order valence-electron chi connectivity index (χ2n) is 7.32. The molecule has 1 aromatic carbocycles. The average Bonchev–Trinajstić information content (AvgIpc) is 3.10. The minimum absolute atomic E-state index is 0.192. The molecule has 0 atom stereocenters. The number of aliphatic hydroxyl groups is 1. The van der Waals surface area contributed by atoms with Crippen molar-refractivity contribution in [3.05, 3.63) is 53.0 Å². The summed E-state index contributed by atoms with van der Waals surface area (Å²) in [6.45, 7) is 5.24. The zero-order chi connectivity index (χ0) is 20.5. The van der Waals surface area contributed by atoms with Crippen LogP contribution in [0.1, 0.15) is 41.0 Å². The molecule has 1 amide bonds. The molecule has 0 aliphatic rings. The molecular weight excluding hydrogens is 356 g/mol. The maximum atomic E-state index is 12.6. The zero-order valence-electron chi connectivity index (χ0n) is 16.3. The average molecular weight is 380 g/mol. The number of nitrogens with one attached hydrogen (secondary N) is 4. The van der Waals surface area contributed by atoms with Crippen LogP contribution in [0.2, 0.25) is 0 Å². The lowest BCUT2D eigenvalue weighted by atomic mass is 10.0. The SMILES string of the molecule is CNc1cc(C)ccc1C(=N)c1cnc2[nH]cc(C(=O)NC(C)(C)CO)c2n1. The highest BCUT2D eigenvalue weighted by molar-refractivity contribution is 6.14. The normalized spacial score (nSPS) is 11.5. The summed E-state index contributed by atoms with van der Waals surface area (Å²) in [7, 11) is 1.80. The molecule has 0 radical (unpaired) electrons. The van der Waals surface area contributed by atoms with Gasteiger partial charge in [-0.25, -0.2) is 9.97 Å². The number of aromatic nitrogens is 3. The Labute approximate surface area is 162 Å². The van der Waals surface area contributed by atoms with Crippen molar-refractivity contribution in [2.24, 2.45) is 0 Å². The largest absolute Gasteiger partial charge is 0.394 e. The zero-order valence-corrected chi connectivity index (χ0v) is 16.3. The van der Waals surface area contributed by atoms with Crippen molar-refractivity contribution in [2.75, 3.05) is 19.0 Å². The smallest absolute Gasteiger partial charge is 0.255 e. The standard InChI is InChI=1S/C20H24N6O2/c1-11-5-6-12(14(7-11)22-4)16(21)15-9-24-18-17(25-15)13(8-23-18)19(28)26-20(2,3)10-27/h5-9,21-22,27H,10H2,1-4H3,(H,23,24)(H,26,28). The van der Waals surface area contributed by atoms with Gasteiger partial charge in [0.05, 0.1) is 29.6 Å². The van der Waals surface area contributed by atoms with Gasteiger partial charge in [-0.2, -0.15) is 0 Å².